The number of rotatable bonds is 19. The zero-order valence-corrected chi connectivity index (χ0v) is 15.3. The predicted octanol–water partition coefficient (Wildman–Crippen LogP) is 3.18. The quantitative estimate of drug-likeness (QED) is 0.368. The van der Waals surface area contributed by atoms with Crippen LogP contribution in [0.15, 0.2) is 0 Å². The van der Waals surface area contributed by atoms with Gasteiger partial charge in [0.05, 0.1) is 59.0 Å². The topological polar surface area (TPSA) is 57.2 Å². The molecule has 0 radical (unpaired) electrons. The highest BCUT2D eigenvalue weighted by atomic mass is 16.6. The van der Waals surface area contributed by atoms with E-state index in [0.29, 0.717) is 52.4 Å². The van der Waals surface area contributed by atoms with Crippen LogP contribution in [-0.4, -0.2) is 64.1 Å². The number of unbranched alkanes of at least 4 members (excludes halogenated alkanes) is 5. The van der Waals surface area contributed by atoms with Crippen molar-refractivity contribution in [3.63, 3.8) is 0 Å². The Morgan fingerprint density at radius 3 is 1.83 bits per heavy atom. The molecule has 0 spiro atoms. The molecule has 0 heterocycles. The molecule has 1 unspecified atom stereocenters. The van der Waals surface area contributed by atoms with Crippen LogP contribution in [0.5, 0.6) is 0 Å². The second-order valence-corrected chi connectivity index (χ2v) is 5.80. The highest BCUT2D eigenvalue weighted by Crippen LogP contribution is 2.10. The number of aliphatic hydroxyl groups is 1. The van der Waals surface area contributed by atoms with Crippen molar-refractivity contribution in [3.05, 3.63) is 0 Å². The van der Waals surface area contributed by atoms with Crippen LogP contribution in [0.2, 0.25) is 0 Å². The van der Waals surface area contributed by atoms with Gasteiger partial charge in [0.25, 0.3) is 0 Å². The lowest BCUT2D eigenvalue weighted by molar-refractivity contribution is -0.0185. The molecule has 0 saturated heterocycles. The van der Waals surface area contributed by atoms with Gasteiger partial charge in [0.2, 0.25) is 0 Å². The van der Waals surface area contributed by atoms with E-state index in [-0.39, 0.29) is 6.61 Å². The molecule has 5 nitrogen and oxygen atoms in total. The van der Waals surface area contributed by atoms with Gasteiger partial charge in [-0.3, -0.25) is 0 Å². The molecular formula is C18H38O5. The molecule has 0 aromatic carbocycles. The molecule has 0 aliphatic heterocycles. The summed E-state index contributed by atoms with van der Waals surface area (Å²) in [6, 6.07) is 0. The average Bonchev–Trinajstić information content (AvgIpc) is 2.56. The number of aliphatic hydroxyl groups excluding tert-OH is 1. The van der Waals surface area contributed by atoms with Gasteiger partial charge < -0.3 is 24.1 Å². The smallest absolute Gasteiger partial charge is 0.0704 e. The van der Waals surface area contributed by atoms with E-state index in [1.54, 1.807) is 0 Å². The first-order valence-electron chi connectivity index (χ1n) is 9.27. The van der Waals surface area contributed by atoms with E-state index < -0.39 is 0 Å². The highest BCUT2D eigenvalue weighted by molar-refractivity contribution is 4.52. The fourth-order valence-corrected chi connectivity index (χ4v) is 2.21. The molecule has 0 bridgehead atoms. The minimum absolute atomic E-state index is 0.0559. The van der Waals surface area contributed by atoms with Gasteiger partial charge in [-0.2, -0.15) is 0 Å². The molecule has 0 saturated carbocycles. The Labute approximate surface area is 142 Å². The highest BCUT2D eigenvalue weighted by Gasteiger charge is 2.02. The van der Waals surface area contributed by atoms with Crippen LogP contribution in [0, 0.1) is 0 Å². The zero-order valence-electron chi connectivity index (χ0n) is 15.3. The third-order valence-electron chi connectivity index (χ3n) is 3.57. The Bertz CT molecular complexity index is 214. The summed E-state index contributed by atoms with van der Waals surface area (Å²) in [5, 5.41) is 8.52. The van der Waals surface area contributed by atoms with Crippen LogP contribution in [0.3, 0.4) is 0 Å². The summed E-state index contributed by atoms with van der Waals surface area (Å²) in [6.45, 7) is 8.27. The van der Waals surface area contributed by atoms with Gasteiger partial charge in [0.1, 0.15) is 0 Å². The largest absolute Gasteiger partial charge is 0.394 e. The molecule has 0 rings (SSSR count). The maximum Gasteiger partial charge on any atom is 0.0704 e. The van der Waals surface area contributed by atoms with Gasteiger partial charge in [-0.25, -0.2) is 0 Å². The van der Waals surface area contributed by atoms with Crippen LogP contribution in [0.25, 0.3) is 0 Å². The molecule has 0 aliphatic rings. The van der Waals surface area contributed by atoms with Gasteiger partial charge >= 0.3 is 0 Å². The van der Waals surface area contributed by atoms with Gasteiger partial charge in [0.15, 0.2) is 0 Å². The van der Waals surface area contributed by atoms with Crippen LogP contribution in [-0.2, 0) is 18.9 Å². The van der Waals surface area contributed by atoms with Crippen LogP contribution >= 0.6 is 0 Å². The third kappa shape index (κ3) is 19.8. The number of hydrogen-bond acceptors (Lipinski definition) is 5. The van der Waals surface area contributed by atoms with E-state index in [2.05, 4.69) is 13.8 Å². The Hall–Kier alpha value is -0.200. The number of hydrogen-bond donors (Lipinski definition) is 1. The first-order chi connectivity index (χ1) is 11.3. The van der Waals surface area contributed by atoms with Crippen molar-refractivity contribution in [1.29, 1.82) is 0 Å². The number of ether oxygens (including phenoxy) is 4. The van der Waals surface area contributed by atoms with E-state index in [1.807, 2.05) is 0 Å². The Morgan fingerprint density at radius 1 is 0.696 bits per heavy atom. The van der Waals surface area contributed by atoms with E-state index in [9.17, 15) is 0 Å². The first kappa shape index (κ1) is 22.8. The average molecular weight is 334 g/mol. The Morgan fingerprint density at radius 2 is 1.22 bits per heavy atom. The minimum Gasteiger partial charge on any atom is -0.394 e. The summed E-state index contributed by atoms with van der Waals surface area (Å²) < 4.78 is 21.6. The Kier molecular flexibility index (Phi) is 19.7. The molecule has 1 atom stereocenters. The molecule has 0 aromatic rings. The zero-order chi connectivity index (χ0) is 17.0. The lowest BCUT2D eigenvalue weighted by Crippen LogP contribution is -2.15. The van der Waals surface area contributed by atoms with Crippen molar-refractivity contribution >= 4 is 0 Å². The lowest BCUT2D eigenvalue weighted by atomic mass is 10.1. The predicted molar refractivity (Wildman–Crippen MR) is 92.9 cm³/mol. The minimum atomic E-state index is 0.0559. The summed E-state index contributed by atoms with van der Waals surface area (Å²) in [5.41, 5.74) is 0. The second kappa shape index (κ2) is 19.8. The summed E-state index contributed by atoms with van der Waals surface area (Å²) in [5.74, 6) is 0. The van der Waals surface area contributed by atoms with Crippen molar-refractivity contribution in [2.24, 2.45) is 0 Å². The SMILES string of the molecule is CCCCCCCCC(C)OCCOCCOCCOCCO. The molecule has 1 N–H and O–H groups in total. The van der Waals surface area contributed by atoms with Gasteiger partial charge in [0, 0.05) is 0 Å². The van der Waals surface area contributed by atoms with Crippen LogP contribution in [0.4, 0.5) is 0 Å². The third-order valence-corrected chi connectivity index (χ3v) is 3.57. The molecule has 0 aromatic heterocycles. The van der Waals surface area contributed by atoms with Crippen LogP contribution in [0.1, 0.15) is 58.8 Å². The summed E-state index contributed by atoms with van der Waals surface area (Å²) in [4.78, 5) is 0. The van der Waals surface area contributed by atoms with E-state index in [1.165, 1.54) is 38.5 Å². The van der Waals surface area contributed by atoms with Gasteiger partial charge in [-0.15, -0.1) is 0 Å². The first-order valence-corrected chi connectivity index (χ1v) is 9.27. The summed E-state index contributed by atoms with van der Waals surface area (Å²) in [7, 11) is 0. The fourth-order valence-electron chi connectivity index (χ4n) is 2.21. The van der Waals surface area contributed by atoms with Crippen molar-refractivity contribution in [3.8, 4) is 0 Å². The van der Waals surface area contributed by atoms with E-state index >= 15 is 0 Å². The molecule has 0 amide bonds. The summed E-state index contributed by atoms with van der Waals surface area (Å²) >= 11 is 0. The molecule has 140 valence electrons. The Balaban J connectivity index is 3.10. The maximum absolute atomic E-state index is 8.52. The fraction of sp³-hybridized carbons (Fsp3) is 1.00. The van der Waals surface area contributed by atoms with Crippen molar-refractivity contribution in [2.75, 3.05) is 52.9 Å². The molecule has 0 fully saturated rings. The molecule has 5 heteroatoms. The molecule has 0 aliphatic carbocycles. The van der Waals surface area contributed by atoms with E-state index in [0.717, 1.165) is 6.42 Å². The van der Waals surface area contributed by atoms with Crippen molar-refractivity contribution < 1.29 is 24.1 Å². The van der Waals surface area contributed by atoms with Crippen molar-refractivity contribution in [2.45, 2.75) is 64.9 Å². The van der Waals surface area contributed by atoms with Crippen molar-refractivity contribution in [1.82, 2.24) is 0 Å². The van der Waals surface area contributed by atoms with E-state index in [4.69, 9.17) is 24.1 Å². The van der Waals surface area contributed by atoms with Gasteiger partial charge in [-0.05, 0) is 13.3 Å². The monoisotopic (exact) mass is 334 g/mol. The van der Waals surface area contributed by atoms with Crippen LogP contribution < -0.4 is 0 Å². The maximum atomic E-state index is 8.52. The molecule has 23 heavy (non-hydrogen) atoms. The molecular weight excluding hydrogens is 296 g/mol. The van der Waals surface area contributed by atoms with Gasteiger partial charge in [-0.1, -0.05) is 45.4 Å². The second-order valence-electron chi connectivity index (χ2n) is 5.80. The normalized spacial score (nSPS) is 12.7. The lowest BCUT2D eigenvalue weighted by Gasteiger charge is -2.13. The summed E-state index contributed by atoms with van der Waals surface area (Å²) in [6.07, 6.45) is 9.45. The standard InChI is InChI=1S/C18H38O5/c1-3-4-5-6-7-8-9-18(2)23-17-16-22-15-14-21-13-12-20-11-10-19/h18-19H,3-17H2,1-2H3.